The average Bonchev–Trinajstić information content (AvgIpc) is 2.55. The molecule has 0 radical (unpaired) electrons. The number of nitrogens with two attached hydrogens (primary N) is 1. The van der Waals surface area contributed by atoms with Crippen LogP contribution in [-0.2, 0) is 9.84 Å². The maximum Gasteiger partial charge on any atom is 0.266 e. The van der Waals surface area contributed by atoms with Crippen LogP contribution in [0, 0.1) is 6.92 Å². The highest BCUT2D eigenvalue weighted by Gasteiger charge is 2.25. The lowest BCUT2D eigenvalue weighted by molar-refractivity contribution is 0.0999. The smallest absolute Gasteiger partial charge is 0.266 e. The molecule has 0 saturated carbocycles. The molecule has 4 N–H and O–H groups in total. The SMILES string of the molecule is CSc1nc(Nc2ccc(C)cc2S(=O)(=O)C(C)C)c(C(N)=O)c(=O)[nH]1. The number of nitrogens with one attached hydrogen (secondary N) is 2. The quantitative estimate of drug-likeness (QED) is 0.500. The van der Waals surface area contributed by atoms with E-state index in [1.165, 1.54) is 17.8 Å². The number of hydrogen-bond donors (Lipinski definition) is 3. The van der Waals surface area contributed by atoms with Gasteiger partial charge in [0.2, 0.25) is 0 Å². The van der Waals surface area contributed by atoms with Gasteiger partial charge in [0.05, 0.1) is 15.8 Å². The molecule has 0 unspecified atom stereocenters. The van der Waals surface area contributed by atoms with E-state index < -0.39 is 26.6 Å². The highest BCUT2D eigenvalue weighted by Crippen LogP contribution is 2.29. The molecule has 0 bridgehead atoms. The number of anilines is 2. The van der Waals surface area contributed by atoms with E-state index in [9.17, 15) is 18.0 Å². The van der Waals surface area contributed by atoms with Gasteiger partial charge in [-0.15, -0.1) is 0 Å². The lowest BCUT2D eigenvalue weighted by atomic mass is 10.2. The fraction of sp³-hybridized carbons (Fsp3) is 0.312. The van der Waals surface area contributed by atoms with Crippen molar-refractivity contribution >= 4 is 39.0 Å². The van der Waals surface area contributed by atoms with E-state index in [0.717, 1.165) is 5.56 Å². The number of amides is 1. The second-order valence-electron chi connectivity index (χ2n) is 5.88. The molecule has 1 heterocycles. The average molecular weight is 396 g/mol. The van der Waals surface area contributed by atoms with Crippen molar-refractivity contribution in [3.8, 4) is 0 Å². The zero-order valence-electron chi connectivity index (χ0n) is 14.8. The van der Waals surface area contributed by atoms with Gasteiger partial charge in [-0.2, -0.15) is 0 Å². The van der Waals surface area contributed by atoms with Crippen LogP contribution < -0.4 is 16.6 Å². The number of benzene rings is 1. The number of carbonyl (C=O) groups excluding carboxylic acids is 1. The van der Waals surface area contributed by atoms with Crippen molar-refractivity contribution in [1.29, 1.82) is 0 Å². The maximum absolute atomic E-state index is 12.7. The predicted octanol–water partition coefficient (Wildman–Crippen LogP) is 1.82. The van der Waals surface area contributed by atoms with Gasteiger partial charge in [-0.1, -0.05) is 17.8 Å². The molecule has 1 aromatic heterocycles. The van der Waals surface area contributed by atoms with Crippen LogP contribution in [0.2, 0.25) is 0 Å². The Bertz CT molecular complexity index is 1010. The minimum Gasteiger partial charge on any atom is -0.365 e. The summed E-state index contributed by atoms with van der Waals surface area (Å²) in [7, 11) is -3.61. The number of hydrogen-bond acceptors (Lipinski definition) is 7. The van der Waals surface area contributed by atoms with E-state index >= 15 is 0 Å². The summed E-state index contributed by atoms with van der Waals surface area (Å²) in [6.07, 6.45) is 1.70. The van der Waals surface area contributed by atoms with E-state index in [1.54, 1.807) is 39.2 Å². The first-order valence-corrected chi connectivity index (χ1v) is 10.4. The van der Waals surface area contributed by atoms with Crippen LogP contribution in [0.3, 0.4) is 0 Å². The minimum absolute atomic E-state index is 0.0655. The Kier molecular flexibility index (Phi) is 5.77. The van der Waals surface area contributed by atoms with Gasteiger partial charge in [0, 0.05) is 0 Å². The van der Waals surface area contributed by atoms with Gasteiger partial charge < -0.3 is 16.0 Å². The summed E-state index contributed by atoms with van der Waals surface area (Å²) in [6.45, 7) is 4.93. The number of carbonyl (C=O) groups is 1. The number of nitrogens with zero attached hydrogens (tertiary/aromatic N) is 1. The number of H-pyrrole nitrogens is 1. The summed E-state index contributed by atoms with van der Waals surface area (Å²) in [4.78, 5) is 30.5. The third kappa shape index (κ3) is 3.91. The first kappa shape index (κ1) is 20.0. The Morgan fingerprint density at radius 1 is 1.35 bits per heavy atom. The lowest BCUT2D eigenvalue weighted by Crippen LogP contribution is -2.27. The van der Waals surface area contributed by atoms with Crippen molar-refractivity contribution in [2.45, 2.75) is 36.1 Å². The van der Waals surface area contributed by atoms with Gasteiger partial charge in [-0.05, 0) is 44.7 Å². The van der Waals surface area contributed by atoms with Crippen LogP contribution in [0.4, 0.5) is 11.5 Å². The van der Waals surface area contributed by atoms with Crippen molar-refractivity contribution < 1.29 is 13.2 Å². The summed E-state index contributed by atoms with van der Waals surface area (Å²) in [6, 6.07) is 4.82. The fourth-order valence-corrected chi connectivity index (χ4v) is 3.88. The largest absolute Gasteiger partial charge is 0.365 e. The molecular formula is C16H20N4O4S2. The van der Waals surface area contributed by atoms with Crippen LogP contribution in [0.25, 0.3) is 0 Å². The van der Waals surface area contributed by atoms with E-state index in [-0.39, 0.29) is 27.1 Å². The molecule has 2 aromatic rings. The van der Waals surface area contributed by atoms with Gasteiger partial charge in [-0.25, -0.2) is 13.4 Å². The Hall–Kier alpha value is -2.33. The van der Waals surface area contributed by atoms with E-state index in [0.29, 0.717) is 0 Å². The van der Waals surface area contributed by atoms with Gasteiger partial charge in [0.1, 0.15) is 5.56 Å². The van der Waals surface area contributed by atoms with Crippen LogP contribution in [-0.4, -0.2) is 35.8 Å². The van der Waals surface area contributed by atoms with Crippen molar-refractivity contribution in [2.24, 2.45) is 5.73 Å². The van der Waals surface area contributed by atoms with E-state index in [2.05, 4.69) is 15.3 Å². The molecule has 0 saturated heterocycles. The molecule has 140 valence electrons. The van der Waals surface area contributed by atoms with Crippen molar-refractivity contribution in [3.05, 3.63) is 39.7 Å². The van der Waals surface area contributed by atoms with Gasteiger partial charge in [0.15, 0.2) is 20.8 Å². The molecule has 1 amide bonds. The van der Waals surface area contributed by atoms with Crippen LogP contribution in [0.1, 0.15) is 29.8 Å². The molecule has 0 aliphatic carbocycles. The Morgan fingerprint density at radius 3 is 2.54 bits per heavy atom. The zero-order valence-corrected chi connectivity index (χ0v) is 16.4. The Labute approximate surface area is 155 Å². The molecule has 10 heteroatoms. The van der Waals surface area contributed by atoms with Crippen LogP contribution in [0.5, 0.6) is 0 Å². The first-order chi connectivity index (χ1) is 12.1. The molecule has 2 rings (SSSR count). The molecule has 0 fully saturated rings. The van der Waals surface area contributed by atoms with Gasteiger partial charge in [0.25, 0.3) is 11.5 Å². The topological polar surface area (TPSA) is 135 Å². The predicted molar refractivity (Wildman–Crippen MR) is 102 cm³/mol. The number of sulfone groups is 1. The summed E-state index contributed by atoms with van der Waals surface area (Å²) >= 11 is 1.17. The molecule has 0 aliphatic rings. The van der Waals surface area contributed by atoms with E-state index in [1.807, 2.05) is 0 Å². The summed E-state index contributed by atoms with van der Waals surface area (Å²) < 4.78 is 25.4. The lowest BCUT2D eigenvalue weighted by Gasteiger charge is -2.16. The Morgan fingerprint density at radius 2 is 2.00 bits per heavy atom. The molecule has 0 aliphatic heterocycles. The van der Waals surface area contributed by atoms with Crippen LogP contribution >= 0.6 is 11.8 Å². The monoisotopic (exact) mass is 396 g/mol. The number of thioether (sulfide) groups is 1. The van der Waals surface area contributed by atoms with Crippen molar-refractivity contribution in [1.82, 2.24) is 9.97 Å². The molecular weight excluding hydrogens is 376 g/mol. The fourth-order valence-electron chi connectivity index (χ4n) is 2.22. The molecule has 0 spiro atoms. The highest BCUT2D eigenvalue weighted by atomic mass is 32.2. The number of aromatic nitrogens is 2. The standard InChI is InChI=1S/C16H20N4O4S2/c1-8(2)26(23,24)11-7-9(3)5-6-10(11)18-14-12(13(17)21)15(22)20-16(19-14)25-4/h5-8H,1-4H3,(H2,17,21)(H2,18,19,20,22). The minimum atomic E-state index is -3.61. The molecule has 26 heavy (non-hydrogen) atoms. The van der Waals surface area contributed by atoms with Crippen molar-refractivity contribution in [2.75, 3.05) is 11.6 Å². The third-order valence-electron chi connectivity index (χ3n) is 3.65. The molecule has 1 aromatic carbocycles. The normalized spacial score (nSPS) is 11.6. The van der Waals surface area contributed by atoms with E-state index in [4.69, 9.17) is 5.73 Å². The summed E-state index contributed by atoms with van der Waals surface area (Å²) in [5.41, 5.74) is 5.21. The first-order valence-electron chi connectivity index (χ1n) is 7.67. The number of rotatable bonds is 6. The number of aryl methyl sites for hydroxylation is 1. The summed E-state index contributed by atoms with van der Waals surface area (Å²) in [5.74, 6) is -1.05. The van der Waals surface area contributed by atoms with Gasteiger partial charge >= 0.3 is 0 Å². The zero-order chi connectivity index (χ0) is 19.6. The second kappa shape index (κ2) is 7.50. The Balaban J connectivity index is 2.69. The third-order valence-corrected chi connectivity index (χ3v) is 6.43. The second-order valence-corrected chi connectivity index (χ2v) is 9.15. The maximum atomic E-state index is 12.7. The highest BCUT2D eigenvalue weighted by molar-refractivity contribution is 7.98. The molecule has 0 atom stereocenters. The summed E-state index contributed by atoms with van der Waals surface area (Å²) in [5, 5.41) is 2.42. The van der Waals surface area contributed by atoms with Crippen LogP contribution in [0.15, 0.2) is 33.0 Å². The van der Waals surface area contributed by atoms with Crippen molar-refractivity contribution in [3.63, 3.8) is 0 Å². The number of primary amides is 1. The van der Waals surface area contributed by atoms with Gasteiger partial charge in [-0.3, -0.25) is 9.59 Å². The molecule has 8 nitrogen and oxygen atoms in total. The number of aromatic amines is 1.